The lowest BCUT2D eigenvalue weighted by atomic mass is 10.2. The molecule has 18 heavy (non-hydrogen) atoms. The summed E-state index contributed by atoms with van der Waals surface area (Å²) in [4.78, 5) is 21.2. The van der Waals surface area contributed by atoms with Crippen LogP contribution in [0.25, 0.3) is 0 Å². The first-order valence-corrected chi connectivity index (χ1v) is 5.42. The minimum Gasteiger partial charge on any atom is -0.394 e. The van der Waals surface area contributed by atoms with E-state index in [9.17, 15) is 4.79 Å². The van der Waals surface area contributed by atoms with Crippen LogP contribution in [0.15, 0.2) is 9.98 Å². The molecule has 100 valence electrons. The summed E-state index contributed by atoms with van der Waals surface area (Å²) < 4.78 is 5.24. The summed E-state index contributed by atoms with van der Waals surface area (Å²) >= 11 is 0. The number of amides is 1. The van der Waals surface area contributed by atoms with E-state index < -0.39 is 18.3 Å². The molecule has 0 aromatic carbocycles. The highest BCUT2D eigenvalue weighted by atomic mass is 16.5. The summed E-state index contributed by atoms with van der Waals surface area (Å²) in [5.41, 5.74) is 5.47. The van der Waals surface area contributed by atoms with Crippen molar-refractivity contribution in [2.24, 2.45) is 15.7 Å². The lowest BCUT2D eigenvalue weighted by Crippen LogP contribution is -2.54. The van der Waals surface area contributed by atoms with Gasteiger partial charge < -0.3 is 25.6 Å². The van der Waals surface area contributed by atoms with E-state index in [0.717, 1.165) is 0 Å². The number of aliphatic hydroxyl groups excluding tert-OH is 2. The highest BCUT2D eigenvalue weighted by Crippen LogP contribution is 2.17. The van der Waals surface area contributed by atoms with Crippen molar-refractivity contribution in [3.63, 3.8) is 0 Å². The van der Waals surface area contributed by atoms with E-state index in [1.807, 2.05) is 0 Å². The summed E-state index contributed by atoms with van der Waals surface area (Å²) in [6, 6.07) is -0.636. The number of rotatable bonds is 5. The summed E-state index contributed by atoms with van der Waals surface area (Å²) in [7, 11) is 0. The van der Waals surface area contributed by atoms with Gasteiger partial charge in [0.15, 0.2) is 18.2 Å². The molecule has 0 saturated heterocycles. The second-order valence-corrected chi connectivity index (χ2v) is 3.92. The maximum atomic E-state index is 11.5. The van der Waals surface area contributed by atoms with Crippen LogP contribution in [0.1, 0.15) is 0 Å². The number of ether oxygens (including phenoxy) is 1. The maximum absolute atomic E-state index is 11.5. The average Bonchev–Trinajstić information content (AvgIpc) is 2.74. The van der Waals surface area contributed by atoms with E-state index in [1.165, 1.54) is 6.34 Å². The van der Waals surface area contributed by atoms with Crippen LogP contribution in [-0.2, 0) is 9.53 Å². The number of nitrogens with two attached hydrogens (primary N) is 1. The zero-order chi connectivity index (χ0) is 13.1. The van der Waals surface area contributed by atoms with Gasteiger partial charge in [-0.05, 0) is 0 Å². The van der Waals surface area contributed by atoms with Gasteiger partial charge in [-0.15, -0.1) is 0 Å². The summed E-state index contributed by atoms with van der Waals surface area (Å²) in [6.45, 7) is -0.524. The number of fused-ring (bicyclic) bond motifs is 1. The zero-order valence-corrected chi connectivity index (χ0v) is 9.56. The Bertz CT molecular complexity index is 381. The predicted molar refractivity (Wildman–Crippen MR) is 61.6 cm³/mol. The summed E-state index contributed by atoms with van der Waals surface area (Å²) in [5, 5.41) is 20.1. The molecule has 0 aromatic rings. The van der Waals surface area contributed by atoms with Crippen LogP contribution in [0.5, 0.6) is 0 Å². The molecular weight excluding hydrogens is 242 g/mol. The number of carbonyl (C=O) groups is 1. The highest BCUT2D eigenvalue weighted by molar-refractivity contribution is 6.02. The number of aliphatic hydroxyl groups is 2. The number of hydrogen-bond donors (Lipinski definition) is 4. The molecule has 0 aromatic heterocycles. The third-order valence-electron chi connectivity index (χ3n) is 2.66. The highest BCUT2D eigenvalue weighted by Gasteiger charge is 2.39. The lowest BCUT2D eigenvalue weighted by molar-refractivity contribution is -0.122. The fourth-order valence-corrected chi connectivity index (χ4v) is 1.67. The van der Waals surface area contributed by atoms with Gasteiger partial charge in [0.1, 0.15) is 12.8 Å². The lowest BCUT2D eigenvalue weighted by Gasteiger charge is -2.28. The van der Waals surface area contributed by atoms with Gasteiger partial charge >= 0.3 is 0 Å². The SMILES string of the molecule is NC1=N[C@H]2[C@@H](N=CN2COC(CO)CO)C(=O)N1. The molecule has 0 bridgehead atoms. The largest absolute Gasteiger partial charge is 0.394 e. The summed E-state index contributed by atoms with van der Waals surface area (Å²) in [5.74, 6) is -0.273. The van der Waals surface area contributed by atoms with E-state index >= 15 is 0 Å². The average molecular weight is 257 g/mol. The molecule has 0 saturated carbocycles. The van der Waals surface area contributed by atoms with E-state index in [-0.39, 0.29) is 31.8 Å². The summed E-state index contributed by atoms with van der Waals surface area (Å²) in [6.07, 6.45) is 0.246. The first-order valence-electron chi connectivity index (χ1n) is 5.42. The van der Waals surface area contributed by atoms with Crippen molar-refractivity contribution >= 4 is 18.2 Å². The fraction of sp³-hybridized carbons (Fsp3) is 0.667. The Morgan fingerprint density at radius 1 is 1.56 bits per heavy atom. The molecule has 5 N–H and O–H groups in total. The van der Waals surface area contributed by atoms with E-state index in [2.05, 4.69) is 15.3 Å². The molecule has 9 heteroatoms. The van der Waals surface area contributed by atoms with Crippen LogP contribution in [0, 0.1) is 0 Å². The molecule has 2 atom stereocenters. The van der Waals surface area contributed by atoms with Gasteiger partial charge in [0.05, 0.1) is 19.6 Å². The minimum atomic E-state index is -0.670. The van der Waals surface area contributed by atoms with Crippen molar-refractivity contribution < 1.29 is 19.7 Å². The van der Waals surface area contributed by atoms with Gasteiger partial charge in [0.25, 0.3) is 5.91 Å². The Morgan fingerprint density at radius 3 is 2.94 bits per heavy atom. The molecule has 1 amide bonds. The molecule has 0 aliphatic carbocycles. The smallest absolute Gasteiger partial charge is 0.255 e. The monoisotopic (exact) mass is 257 g/mol. The molecule has 2 aliphatic rings. The second-order valence-electron chi connectivity index (χ2n) is 3.92. The normalized spacial score (nSPS) is 26.3. The van der Waals surface area contributed by atoms with Gasteiger partial charge in [-0.25, -0.2) is 4.99 Å². The number of guanidine groups is 1. The van der Waals surface area contributed by atoms with Crippen LogP contribution in [-0.4, -0.2) is 71.6 Å². The fourth-order valence-electron chi connectivity index (χ4n) is 1.67. The minimum absolute atomic E-state index is 0.0395. The zero-order valence-electron chi connectivity index (χ0n) is 9.56. The number of carbonyl (C=O) groups excluding carboxylic acids is 1. The molecule has 0 fully saturated rings. The van der Waals surface area contributed by atoms with Crippen LogP contribution in [0.2, 0.25) is 0 Å². The molecule has 0 spiro atoms. The second kappa shape index (κ2) is 5.29. The number of hydrogen-bond acceptors (Lipinski definition) is 8. The van der Waals surface area contributed by atoms with Gasteiger partial charge in [0, 0.05) is 0 Å². The van der Waals surface area contributed by atoms with Crippen molar-refractivity contribution in [1.29, 1.82) is 0 Å². The Morgan fingerprint density at radius 2 is 2.28 bits per heavy atom. The number of nitrogens with one attached hydrogen (secondary N) is 1. The van der Waals surface area contributed by atoms with E-state index in [4.69, 9.17) is 20.7 Å². The van der Waals surface area contributed by atoms with Gasteiger partial charge in [0.2, 0.25) is 0 Å². The number of aliphatic imine (C=N–C) groups is 2. The van der Waals surface area contributed by atoms with Crippen LogP contribution >= 0.6 is 0 Å². The molecule has 0 radical (unpaired) electrons. The number of nitrogens with zero attached hydrogens (tertiary/aromatic N) is 3. The van der Waals surface area contributed by atoms with Crippen molar-refractivity contribution in [2.45, 2.75) is 18.3 Å². The Hall–Kier alpha value is -1.71. The van der Waals surface area contributed by atoms with Gasteiger partial charge in [-0.2, -0.15) is 0 Å². The van der Waals surface area contributed by atoms with Crippen LogP contribution in [0.3, 0.4) is 0 Å². The topological polar surface area (TPSA) is 133 Å². The van der Waals surface area contributed by atoms with Crippen molar-refractivity contribution in [2.75, 3.05) is 19.9 Å². The third kappa shape index (κ3) is 2.42. The Labute approximate surface area is 103 Å². The molecule has 9 nitrogen and oxygen atoms in total. The third-order valence-corrected chi connectivity index (χ3v) is 2.66. The Balaban J connectivity index is 1.97. The van der Waals surface area contributed by atoms with E-state index in [0.29, 0.717) is 0 Å². The first-order chi connectivity index (χ1) is 8.65. The Kier molecular flexibility index (Phi) is 3.75. The van der Waals surface area contributed by atoms with Gasteiger partial charge in [-0.3, -0.25) is 15.1 Å². The molecule has 2 aliphatic heterocycles. The quantitative estimate of drug-likeness (QED) is 0.410. The van der Waals surface area contributed by atoms with Crippen molar-refractivity contribution in [1.82, 2.24) is 10.2 Å². The molecule has 2 heterocycles. The van der Waals surface area contributed by atoms with Crippen LogP contribution in [0.4, 0.5) is 0 Å². The van der Waals surface area contributed by atoms with Crippen LogP contribution < -0.4 is 11.1 Å². The molecule has 2 rings (SSSR count). The van der Waals surface area contributed by atoms with Gasteiger partial charge in [-0.1, -0.05) is 0 Å². The van der Waals surface area contributed by atoms with E-state index in [1.54, 1.807) is 4.90 Å². The molecule has 0 unspecified atom stereocenters. The maximum Gasteiger partial charge on any atom is 0.255 e. The van der Waals surface area contributed by atoms with Crippen molar-refractivity contribution in [3.05, 3.63) is 0 Å². The standard InChI is InChI=1S/C9H15N5O4/c10-9-12-7-6(8(17)13-9)11-3-14(7)4-18-5(1-15)2-16/h3,5-7,15-16H,1-2,4H2,(H3,10,12,13,17)/t6-,7-/m1/s1. The predicted octanol–water partition coefficient (Wildman–Crippen LogP) is -3.20. The first kappa shape index (κ1) is 12.7. The molecular formula is C9H15N5O4. The van der Waals surface area contributed by atoms with Crippen molar-refractivity contribution in [3.8, 4) is 0 Å².